The van der Waals surface area contributed by atoms with E-state index in [0.717, 1.165) is 58.5 Å². The lowest BCUT2D eigenvalue weighted by Crippen LogP contribution is -2.50. The van der Waals surface area contributed by atoms with Crippen molar-refractivity contribution >= 4 is 5.91 Å². The topological polar surface area (TPSA) is 72.3 Å². The summed E-state index contributed by atoms with van der Waals surface area (Å²) in [7, 11) is 0. The summed E-state index contributed by atoms with van der Waals surface area (Å²) in [5.74, 6) is 0.374. The number of aromatic nitrogens is 3. The monoisotopic (exact) mass is 397 g/mol. The molecule has 1 N–H and O–H groups in total. The Labute approximate surface area is 172 Å². The van der Waals surface area contributed by atoms with Crippen LogP contribution in [0.3, 0.4) is 0 Å². The van der Waals surface area contributed by atoms with E-state index in [4.69, 9.17) is 4.74 Å². The van der Waals surface area contributed by atoms with Crippen molar-refractivity contribution in [2.45, 2.75) is 51.3 Å². The first-order valence-corrected chi connectivity index (χ1v) is 10.7. The van der Waals surface area contributed by atoms with Gasteiger partial charge in [-0.2, -0.15) is 5.10 Å². The van der Waals surface area contributed by atoms with Crippen LogP contribution in [-0.4, -0.2) is 57.4 Å². The smallest absolute Gasteiger partial charge is 0.269 e. The number of ether oxygens (including phenoxy) is 1. The number of likely N-dealkylation sites (tertiary alicyclic amines) is 1. The fourth-order valence-corrected chi connectivity index (χ4v) is 4.51. The molecule has 7 nitrogen and oxygen atoms in total. The van der Waals surface area contributed by atoms with Gasteiger partial charge in [0.15, 0.2) is 0 Å². The minimum absolute atomic E-state index is 0.0251. The maximum Gasteiger partial charge on any atom is 0.269 e. The zero-order valence-electron chi connectivity index (χ0n) is 17.2. The molecule has 2 fully saturated rings. The van der Waals surface area contributed by atoms with Crippen LogP contribution >= 0.6 is 0 Å². The van der Waals surface area contributed by atoms with Crippen molar-refractivity contribution in [2.75, 3.05) is 26.2 Å². The Morgan fingerprint density at radius 3 is 2.93 bits per heavy atom. The molecule has 2 aromatic heterocycles. The van der Waals surface area contributed by atoms with Crippen LogP contribution in [0.4, 0.5) is 0 Å². The number of nitrogens with one attached hydrogen (secondary N) is 1. The van der Waals surface area contributed by atoms with E-state index in [1.165, 1.54) is 5.56 Å². The van der Waals surface area contributed by atoms with E-state index in [1.807, 2.05) is 23.0 Å². The maximum absolute atomic E-state index is 12.3. The molecule has 0 saturated carbocycles. The second kappa shape index (κ2) is 9.05. The zero-order valence-corrected chi connectivity index (χ0v) is 17.2. The number of piperidine rings is 1. The van der Waals surface area contributed by atoms with Crippen LogP contribution in [0.1, 0.15) is 48.7 Å². The quantitative estimate of drug-likeness (QED) is 0.811. The van der Waals surface area contributed by atoms with Gasteiger partial charge in [-0.25, -0.2) is 0 Å². The largest absolute Gasteiger partial charge is 0.375 e. The first-order valence-electron chi connectivity index (χ1n) is 10.7. The Morgan fingerprint density at radius 1 is 1.34 bits per heavy atom. The van der Waals surface area contributed by atoms with E-state index in [9.17, 15) is 4.79 Å². The van der Waals surface area contributed by atoms with E-state index >= 15 is 0 Å². The number of hydrogen-bond donors (Lipinski definition) is 1. The minimum atomic E-state index is -0.0893. The molecule has 156 valence electrons. The van der Waals surface area contributed by atoms with Crippen molar-refractivity contribution in [1.82, 2.24) is 25.0 Å². The number of carbonyl (C=O) groups excluding carboxylic acids is 1. The van der Waals surface area contributed by atoms with Crippen LogP contribution in [0.15, 0.2) is 36.8 Å². The van der Waals surface area contributed by atoms with Crippen LogP contribution in [-0.2, 0) is 17.8 Å². The van der Waals surface area contributed by atoms with Gasteiger partial charge in [0.25, 0.3) is 5.91 Å². The second-order valence-corrected chi connectivity index (χ2v) is 8.30. The maximum atomic E-state index is 12.3. The van der Waals surface area contributed by atoms with Crippen molar-refractivity contribution in [1.29, 1.82) is 0 Å². The predicted octanol–water partition coefficient (Wildman–Crippen LogP) is 2.49. The Bertz CT molecular complexity index is 799. The van der Waals surface area contributed by atoms with E-state index in [1.54, 1.807) is 12.3 Å². The van der Waals surface area contributed by atoms with E-state index in [2.05, 4.69) is 33.4 Å². The third-order valence-electron chi connectivity index (χ3n) is 6.23. The summed E-state index contributed by atoms with van der Waals surface area (Å²) in [5.41, 5.74) is 1.74. The highest BCUT2D eigenvalue weighted by Crippen LogP contribution is 2.37. The molecule has 0 radical (unpaired) electrons. The molecule has 1 atom stereocenters. The van der Waals surface area contributed by atoms with Gasteiger partial charge in [0.2, 0.25) is 0 Å². The molecule has 0 bridgehead atoms. The molecule has 4 heterocycles. The lowest BCUT2D eigenvalue weighted by molar-refractivity contribution is -0.127. The van der Waals surface area contributed by atoms with Crippen LogP contribution in [0.5, 0.6) is 0 Å². The molecule has 1 amide bonds. The van der Waals surface area contributed by atoms with Crippen LogP contribution in [0, 0.1) is 5.92 Å². The molecule has 2 saturated heterocycles. The second-order valence-electron chi connectivity index (χ2n) is 8.30. The molecule has 2 aromatic rings. The fraction of sp³-hybridized carbons (Fsp3) is 0.591. The fourth-order valence-electron chi connectivity index (χ4n) is 4.51. The van der Waals surface area contributed by atoms with Gasteiger partial charge >= 0.3 is 0 Å². The average molecular weight is 398 g/mol. The predicted molar refractivity (Wildman–Crippen MR) is 110 cm³/mol. The molecule has 0 aromatic carbocycles. The summed E-state index contributed by atoms with van der Waals surface area (Å²) in [6.45, 7) is 7.55. The number of carbonyl (C=O) groups is 1. The van der Waals surface area contributed by atoms with Crippen molar-refractivity contribution in [2.24, 2.45) is 5.92 Å². The Hall–Kier alpha value is -2.25. The molecule has 2 aliphatic rings. The summed E-state index contributed by atoms with van der Waals surface area (Å²) >= 11 is 0. The lowest BCUT2D eigenvalue weighted by Gasteiger charge is -2.46. The van der Waals surface area contributed by atoms with Crippen molar-refractivity contribution in [3.8, 4) is 0 Å². The van der Waals surface area contributed by atoms with E-state index in [0.29, 0.717) is 18.2 Å². The third kappa shape index (κ3) is 5.03. The summed E-state index contributed by atoms with van der Waals surface area (Å²) in [5, 5.41) is 7.44. The van der Waals surface area contributed by atoms with E-state index in [-0.39, 0.29) is 11.5 Å². The zero-order chi connectivity index (χ0) is 20.1. The molecule has 4 rings (SSSR count). The molecule has 2 aliphatic heterocycles. The van der Waals surface area contributed by atoms with Gasteiger partial charge in [0.1, 0.15) is 5.69 Å². The molecular weight excluding hydrogens is 366 g/mol. The van der Waals surface area contributed by atoms with Gasteiger partial charge in [0.05, 0.1) is 11.8 Å². The van der Waals surface area contributed by atoms with Crippen molar-refractivity contribution in [3.63, 3.8) is 0 Å². The van der Waals surface area contributed by atoms with Gasteiger partial charge in [-0.3, -0.25) is 19.4 Å². The molecule has 29 heavy (non-hydrogen) atoms. The standard InChI is InChI=1S/C22H31N5O2/c1-2-27-17-19(15-25-27)16-26-10-7-22(8-11-26)13-18(6-12-29-22)14-24-21(28)20-5-3-4-9-23-20/h3-5,9,15,17-18H,2,6-8,10-14,16H2,1H3,(H,24,28). The number of amides is 1. The lowest BCUT2D eigenvalue weighted by atomic mass is 9.79. The van der Waals surface area contributed by atoms with Crippen LogP contribution in [0.25, 0.3) is 0 Å². The summed E-state index contributed by atoms with van der Waals surface area (Å²) < 4.78 is 8.26. The van der Waals surface area contributed by atoms with Crippen LogP contribution in [0.2, 0.25) is 0 Å². The Morgan fingerprint density at radius 2 is 2.21 bits per heavy atom. The molecule has 1 unspecified atom stereocenters. The molecule has 1 spiro atoms. The molecular formula is C22H31N5O2. The summed E-state index contributed by atoms with van der Waals surface area (Å²) in [6.07, 6.45) is 9.91. The first-order chi connectivity index (χ1) is 14.2. The van der Waals surface area contributed by atoms with Gasteiger partial charge in [-0.1, -0.05) is 6.07 Å². The number of hydrogen-bond acceptors (Lipinski definition) is 5. The molecule has 7 heteroatoms. The average Bonchev–Trinajstić information content (AvgIpc) is 3.22. The number of nitrogens with zero attached hydrogens (tertiary/aromatic N) is 4. The highest BCUT2D eigenvalue weighted by molar-refractivity contribution is 5.92. The van der Waals surface area contributed by atoms with Gasteiger partial charge in [-0.15, -0.1) is 0 Å². The van der Waals surface area contributed by atoms with Crippen LogP contribution < -0.4 is 5.32 Å². The van der Waals surface area contributed by atoms with Gasteiger partial charge in [-0.05, 0) is 50.7 Å². The van der Waals surface area contributed by atoms with E-state index < -0.39 is 0 Å². The molecule has 0 aliphatic carbocycles. The van der Waals surface area contributed by atoms with Crippen molar-refractivity contribution < 1.29 is 9.53 Å². The first kappa shape index (κ1) is 20.0. The van der Waals surface area contributed by atoms with Gasteiger partial charge < -0.3 is 10.1 Å². The highest BCUT2D eigenvalue weighted by Gasteiger charge is 2.40. The number of aryl methyl sites for hydroxylation is 1. The minimum Gasteiger partial charge on any atom is -0.375 e. The summed E-state index contributed by atoms with van der Waals surface area (Å²) in [4.78, 5) is 18.9. The normalized spacial score (nSPS) is 21.9. The van der Waals surface area contributed by atoms with Gasteiger partial charge in [0, 0.05) is 57.3 Å². The van der Waals surface area contributed by atoms with Crippen molar-refractivity contribution in [3.05, 3.63) is 48.0 Å². The third-order valence-corrected chi connectivity index (χ3v) is 6.23. The number of pyridine rings is 1. The Balaban J connectivity index is 1.25. The SMILES string of the molecule is CCn1cc(CN2CCC3(CC2)CC(CNC(=O)c2ccccn2)CCO3)cn1. The summed E-state index contributed by atoms with van der Waals surface area (Å²) in [6, 6.07) is 5.41. The highest BCUT2D eigenvalue weighted by atomic mass is 16.5. The number of rotatable bonds is 6. The Kier molecular flexibility index (Phi) is 6.25.